The summed E-state index contributed by atoms with van der Waals surface area (Å²) < 4.78 is 11.7. The first-order valence-electron chi connectivity index (χ1n) is 9.51. The van der Waals surface area contributed by atoms with Crippen LogP contribution in [0.4, 0.5) is 0 Å². The Morgan fingerprint density at radius 2 is 1.70 bits per heavy atom. The number of esters is 1. The minimum Gasteiger partial charge on any atom is -0.455 e. The van der Waals surface area contributed by atoms with Crippen molar-refractivity contribution >= 4 is 5.97 Å². The molecule has 0 radical (unpaired) electrons. The highest BCUT2D eigenvalue weighted by Crippen LogP contribution is 2.61. The van der Waals surface area contributed by atoms with Crippen LogP contribution in [0, 0.1) is 23.7 Å². The molecule has 4 fully saturated rings. The van der Waals surface area contributed by atoms with E-state index in [9.17, 15) is 4.79 Å². The standard InChI is InChI=1S/C20H32O3/c1-4-22-8-6-5-7-20(23-19(21)14(2)3)17-10-15-9-16(12-17)13-18(20)11-15/h15-18H,2,4-13H2,1,3H3. The third-order valence-electron chi connectivity index (χ3n) is 6.46. The van der Waals surface area contributed by atoms with Gasteiger partial charge in [0.25, 0.3) is 0 Å². The summed E-state index contributed by atoms with van der Waals surface area (Å²) in [5.41, 5.74) is 0.322. The van der Waals surface area contributed by atoms with Crippen molar-refractivity contribution in [1.82, 2.24) is 0 Å². The molecule has 0 aliphatic heterocycles. The Morgan fingerprint density at radius 3 is 2.22 bits per heavy atom. The van der Waals surface area contributed by atoms with Gasteiger partial charge in [-0.25, -0.2) is 4.79 Å². The lowest BCUT2D eigenvalue weighted by Gasteiger charge is -2.60. The van der Waals surface area contributed by atoms with Gasteiger partial charge in [0, 0.05) is 18.8 Å². The second-order valence-corrected chi connectivity index (χ2v) is 8.08. The van der Waals surface area contributed by atoms with E-state index in [1.165, 1.54) is 32.1 Å². The Labute approximate surface area is 140 Å². The van der Waals surface area contributed by atoms with Gasteiger partial charge < -0.3 is 9.47 Å². The van der Waals surface area contributed by atoms with E-state index in [0.717, 1.165) is 44.3 Å². The highest BCUT2D eigenvalue weighted by atomic mass is 16.6. The first-order chi connectivity index (χ1) is 11.0. The van der Waals surface area contributed by atoms with Crippen molar-refractivity contribution in [2.45, 2.75) is 70.8 Å². The lowest BCUT2D eigenvalue weighted by atomic mass is 9.49. The fourth-order valence-corrected chi connectivity index (χ4v) is 5.62. The monoisotopic (exact) mass is 320 g/mol. The molecule has 0 heterocycles. The maximum Gasteiger partial charge on any atom is 0.333 e. The Morgan fingerprint density at radius 1 is 1.09 bits per heavy atom. The normalized spacial score (nSPS) is 37.8. The Hall–Kier alpha value is -0.830. The van der Waals surface area contributed by atoms with E-state index in [1.54, 1.807) is 6.92 Å². The fourth-order valence-electron chi connectivity index (χ4n) is 5.62. The van der Waals surface area contributed by atoms with Gasteiger partial charge in [-0.2, -0.15) is 0 Å². The van der Waals surface area contributed by atoms with Crippen LogP contribution < -0.4 is 0 Å². The first-order valence-corrected chi connectivity index (χ1v) is 9.51. The van der Waals surface area contributed by atoms with Crippen LogP contribution in [-0.2, 0) is 14.3 Å². The number of ether oxygens (including phenoxy) is 2. The smallest absolute Gasteiger partial charge is 0.333 e. The number of rotatable bonds is 8. The van der Waals surface area contributed by atoms with Crippen molar-refractivity contribution < 1.29 is 14.3 Å². The highest BCUT2D eigenvalue weighted by molar-refractivity contribution is 5.87. The molecule has 4 aliphatic rings. The lowest BCUT2D eigenvalue weighted by Crippen LogP contribution is -2.59. The molecular formula is C20H32O3. The van der Waals surface area contributed by atoms with Crippen molar-refractivity contribution in [1.29, 1.82) is 0 Å². The van der Waals surface area contributed by atoms with Crippen molar-refractivity contribution in [3.8, 4) is 0 Å². The van der Waals surface area contributed by atoms with Crippen molar-refractivity contribution in [2.75, 3.05) is 13.2 Å². The lowest BCUT2D eigenvalue weighted by molar-refractivity contribution is -0.209. The molecule has 3 nitrogen and oxygen atoms in total. The van der Waals surface area contributed by atoms with Gasteiger partial charge in [0.15, 0.2) is 0 Å². The average molecular weight is 320 g/mol. The van der Waals surface area contributed by atoms with Crippen LogP contribution in [0.25, 0.3) is 0 Å². The maximum atomic E-state index is 12.3. The first kappa shape index (κ1) is 17.0. The predicted octanol–water partition coefficient (Wildman–Crippen LogP) is 4.51. The van der Waals surface area contributed by atoms with Gasteiger partial charge in [-0.1, -0.05) is 6.58 Å². The van der Waals surface area contributed by atoms with Crippen molar-refractivity contribution in [3.05, 3.63) is 12.2 Å². The van der Waals surface area contributed by atoms with Crippen molar-refractivity contribution in [3.63, 3.8) is 0 Å². The summed E-state index contributed by atoms with van der Waals surface area (Å²) in [5.74, 6) is 2.75. The van der Waals surface area contributed by atoms with E-state index in [2.05, 4.69) is 6.58 Å². The zero-order valence-electron chi connectivity index (χ0n) is 14.8. The molecule has 0 amide bonds. The average Bonchev–Trinajstić information content (AvgIpc) is 2.51. The third-order valence-corrected chi connectivity index (χ3v) is 6.46. The number of carbonyl (C=O) groups is 1. The molecule has 4 rings (SSSR count). The molecule has 0 unspecified atom stereocenters. The van der Waals surface area contributed by atoms with Crippen LogP contribution in [0.5, 0.6) is 0 Å². The van der Waals surface area contributed by atoms with Gasteiger partial charge in [-0.05, 0) is 88.9 Å². The molecule has 4 bridgehead atoms. The molecule has 3 heteroatoms. The zero-order chi connectivity index (χ0) is 16.4. The van der Waals surface area contributed by atoms with Gasteiger partial charge >= 0.3 is 5.97 Å². The second kappa shape index (κ2) is 6.96. The number of unbranched alkanes of at least 4 members (excludes halogenated alkanes) is 1. The molecular weight excluding hydrogens is 288 g/mol. The summed E-state index contributed by atoms with van der Waals surface area (Å²) in [4.78, 5) is 12.3. The number of hydrogen-bond acceptors (Lipinski definition) is 3. The topological polar surface area (TPSA) is 35.5 Å². The molecule has 130 valence electrons. The van der Waals surface area contributed by atoms with Gasteiger partial charge in [-0.3, -0.25) is 0 Å². The molecule has 0 aromatic heterocycles. The van der Waals surface area contributed by atoms with Crippen LogP contribution in [0.1, 0.15) is 65.2 Å². The second-order valence-electron chi connectivity index (χ2n) is 8.08. The van der Waals surface area contributed by atoms with Crippen LogP contribution >= 0.6 is 0 Å². The Bertz CT molecular complexity index is 426. The van der Waals surface area contributed by atoms with Gasteiger partial charge in [-0.15, -0.1) is 0 Å². The minimum absolute atomic E-state index is 0.178. The highest BCUT2D eigenvalue weighted by Gasteiger charge is 2.59. The van der Waals surface area contributed by atoms with E-state index in [-0.39, 0.29) is 11.6 Å². The van der Waals surface area contributed by atoms with Crippen LogP contribution in [0.3, 0.4) is 0 Å². The molecule has 0 N–H and O–H groups in total. The summed E-state index contributed by atoms with van der Waals surface area (Å²) in [6, 6.07) is 0. The summed E-state index contributed by atoms with van der Waals surface area (Å²) >= 11 is 0. The van der Waals surface area contributed by atoms with Crippen LogP contribution in [0.2, 0.25) is 0 Å². The number of hydrogen-bond donors (Lipinski definition) is 0. The zero-order valence-corrected chi connectivity index (χ0v) is 14.8. The van der Waals surface area contributed by atoms with E-state index < -0.39 is 0 Å². The van der Waals surface area contributed by atoms with E-state index >= 15 is 0 Å². The van der Waals surface area contributed by atoms with Crippen LogP contribution in [-0.4, -0.2) is 24.8 Å². The van der Waals surface area contributed by atoms with Gasteiger partial charge in [0.2, 0.25) is 0 Å². The summed E-state index contributed by atoms with van der Waals surface area (Å²) in [7, 11) is 0. The van der Waals surface area contributed by atoms with E-state index in [1.807, 2.05) is 6.92 Å². The third kappa shape index (κ3) is 3.35. The fraction of sp³-hybridized carbons (Fsp3) is 0.850. The van der Waals surface area contributed by atoms with Crippen LogP contribution in [0.15, 0.2) is 12.2 Å². The summed E-state index contributed by atoms with van der Waals surface area (Å²) in [6.45, 7) is 9.20. The minimum atomic E-state index is -0.213. The molecule has 23 heavy (non-hydrogen) atoms. The predicted molar refractivity (Wildman–Crippen MR) is 91.0 cm³/mol. The van der Waals surface area contributed by atoms with E-state index in [0.29, 0.717) is 17.4 Å². The molecule has 0 aromatic carbocycles. The molecule has 0 spiro atoms. The summed E-state index contributed by atoms with van der Waals surface area (Å²) in [5, 5.41) is 0. The molecule has 4 saturated carbocycles. The summed E-state index contributed by atoms with van der Waals surface area (Å²) in [6.07, 6.45) is 9.64. The Kier molecular flexibility index (Phi) is 5.15. The molecule has 4 aliphatic carbocycles. The largest absolute Gasteiger partial charge is 0.455 e. The molecule has 0 aromatic rings. The van der Waals surface area contributed by atoms with Crippen molar-refractivity contribution in [2.24, 2.45) is 23.7 Å². The van der Waals surface area contributed by atoms with Gasteiger partial charge in [0.05, 0.1) is 0 Å². The molecule has 0 atom stereocenters. The molecule has 0 saturated heterocycles. The SMILES string of the molecule is C=C(C)C(=O)OC1(CCCCOCC)C2CC3CC(C2)CC1C3. The number of carbonyl (C=O) groups excluding carboxylic acids is 1. The quantitative estimate of drug-likeness (QED) is 0.375. The van der Waals surface area contributed by atoms with Gasteiger partial charge in [0.1, 0.15) is 5.60 Å². The maximum absolute atomic E-state index is 12.3. The Balaban J connectivity index is 1.71. The van der Waals surface area contributed by atoms with E-state index in [4.69, 9.17) is 9.47 Å².